The topological polar surface area (TPSA) is 43.1 Å². The summed E-state index contributed by atoms with van der Waals surface area (Å²) >= 11 is 9.66. The smallest absolute Gasteiger partial charge is 0.258 e. The van der Waals surface area contributed by atoms with Crippen LogP contribution in [0.2, 0.25) is 5.02 Å². The molecule has 0 aliphatic carbocycles. The Hall–Kier alpha value is -0.790. The van der Waals surface area contributed by atoms with E-state index >= 15 is 0 Å². The maximum Gasteiger partial charge on any atom is 0.269 e. The van der Waals surface area contributed by atoms with E-state index < -0.39 is 4.92 Å². The van der Waals surface area contributed by atoms with Crippen LogP contribution < -0.4 is 0 Å². The molecule has 0 radical (unpaired) electrons. The molecule has 2 aromatic rings. The predicted molar refractivity (Wildman–Crippen MR) is 81.4 cm³/mol. The van der Waals surface area contributed by atoms with Gasteiger partial charge in [0.25, 0.3) is 5.69 Å². The van der Waals surface area contributed by atoms with Crippen LogP contribution in [0.15, 0.2) is 52.3 Å². The summed E-state index contributed by atoms with van der Waals surface area (Å²) in [6.45, 7) is 0. The van der Waals surface area contributed by atoms with Gasteiger partial charge in [0.15, 0.2) is 0 Å². The van der Waals surface area contributed by atoms with E-state index in [1.807, 2.05) is 18.2 Å². The van der Waals surface area contributed by atoms with E-state index in [2.05, 4.69) is 22.6 Å². The van der Waals surface area contributed by atoms with Gasteiger partial charge in [0, 0.05) is 25.5 Å². The van der Waals surface area contributed by atoms with Gasteiger partial charge in [-0.15, -0.1) is 0 Å². The first-order valence-corrected chi connectivity index (χ1v) is 7.21. The molecule has 3 nitrogen and oxygen atoms in total. The lowest BCUT2D eigenvalue weighted by atomic mass is 10.3. The Bertz CT molecular complexity index is 589. The molecular weight excluding hydrogens is 385 g/mol. The van der Waals surface area contributed by atoms with Gasteiger partial charge in [-0.2, -0.15) is 0 Å². The molecule has 6 heteroatoms. The van der Waals surface area contributed by atoms with Gasteiger partial charge < -0.3 is 0 Å². The first-order chi connectivity index (χ1) is 8.56. The minimum atomic E-state index is -0.403. The van der Waals surface area contributed by atoms with Gasteiger partial charge in [-0.3, -0.25) is 10.1 Å². The zero-order chi connectivity index (χ0) is 13.1. The fourth-order valence-electron chi connectivity index (χ4n) is 1.31. The first kappa shape index (κ1) is 13.6. The summed E-state index contributed by atoms with van der Waals surface area (Å²) in [7, 11) is 0. The molecule has 2 rings (SSSR count). The molecule has 0 saturated carbocycles. The number of nitro benzene ring substituents is 1. The van der Waals surface area contributed by atoms with Gasteiger partial charge in [-0.05, 0) is 52.9 Å². The number of nitro groups is 1. The fourth-order valence-corrected chi connectivity index (χ4v) is 3.01. The average Bonchev–Trinajstić information content (AvgIpc) is 2.34. The third-order valence-electron chi connectivity index (χ3n) is 2.17. The molecule has 0 unspecified atom stereocenters. The Morgan fingerprint density at radius 1 is 1.11 bits per heavy atom. The van der Waals surface area contributed by atoms with E-state index in [-0.39, 0.29) is 5.69 Å². The van der Waals surface area contributed by atoms with Gasteiger partial charge in [0.05, 0.1) is 9.95 Å². The zero-order valence-electron chi connectivity index (χ0n) is 8.97. The number of nitrogens with zero attached hydrogens (tertiary/aromatic N) is 1. The Labute approximate surface area is 127 Å². The van der Waals surface area contributed by atoms with E-state index in [0.29, 0.717) is 0 Å². The first-order valence-electron chi connectivity index (χ1n) is 4.93. The third kappa shape index (κ3) is 3.37. The molecule has 0 atom stereocenters. The van der Waals surface area contributed by atoms with Crippen LogP contribution in [0.3, 0.4) is 0 Å². The van der Waals surface area contributed by atoms with Crippen molar-refractivity contribution in [3.63, 3.8) is 0 Å². The summed E-state index contributed by atoms with van der Waals surface area (Å²) in [5.41, 5.74) is 0.102. The molecule has 0 fully saturated rings. The highest BCUT2D eigenvalue weighted by molar-refractivity contribution is 14.1. The minimum Gasteiger partial charge on any atom is -0.258 e. The van der Waals surface area contributed by atoms with Crippen molar-refractivity contribution in [3.05, 3.63) is 61.2 Å². The minimum absolute atomic E-state index is 0.102. The molecule has 92 valence electrons. The number of rotatable bonds is 3. The third-order valence-corrected chi connectivity index (χ3v) is 4.71. The second-order valence-electron chi connectivity index (χ2n) is 3.43. The highest BCUT2D eigenvalue weighted by Crippen LogP contribution is 2.31. The molecule has 0 bridgehead atoms. The summed E-state index contributed by atoms with van der Waals surface area (Å²) in [5.74, 6) is 0. The molecule has 2 aromatic carbocycles. The van der Waals surface area contributed by atoms with Crippen molar-refractivity contribution in [1.29, 1.82) is 0 Å². The Morgan fingerprint density at radius 2 is 1.72 bits per heavy atom. The summed E-state index contributed by atoms with van der Waals surface area (Å²) in [4.78, 5) is 12.1. The van der Waals surface area contributed by atoms with Gasteiger partial charge >= 0.3 is 0 Å². The normalized spacial score (nSPS) is 10.3. The second-order valence-corrected chi connectivity index (χ2v) is 6.15. The van der Waals surface area contributed by atoms with Crippen molar-refractivity contribution in [3.8, 4) is 0 Å². The van der Waals surface area contributed by atoms with Crippen LogP contribution in [0, 0.1) is 13.7 Å². The van der Waals surface area contributed by atoms with Gasteiger partial charge in [0.2, 0.25) is 0 Å². The molecule has 0 aliphatic heterocycles. The monoisotopic (exact) mass is 391 g/mol. The molecule has 0 heterocycles. The summed E-state index contributed by atoms with van der Waals surface area (Å²) < 4.78 is 0.987. The van der Waals surface area contributed by atoms with Crippen molar-refractivity contribution < 1.29 is 4.92 Å². The second kappa shape index (κ2) is 5.90. The highest BCUT2D eigenvalue weighted by Gasteiger charge is 2.05. The highest BCUT2D eigenvalue weighted by atomic mass is 127. The van der Waals surface area contributed by atoms with Crippen LogP contribution in [0.4, 0.5) is 5.69 Å². The van der Waals surface area contributed by atoms with Crippen LogP contribution in [-0.4, -0.2) is 4.92 Å². The van der Waals surface area contributed by atoms with E-state index in [0.717, 1.165) is 18.4 Å². The number of hydrogen-bond donors (Lipinski definition) is 0. The lowest BCUT2D eigenvalue weighted by Gasteiger charge is -2.03. The molecule has 0 aromatic heterocycles. The maximum absolute atomic E-state index is 10.5. The number of non-ortho nitro benzene ring substituents is 1. The molecule has 0 N–H and O–H groups in total. The van der Waals surface area contributed by atoms with Crippen molar-refractivity contribution in [2.75, 3.05) is 0 Å². The van der Waals surface area contributed by atoms with Crippen LogP contribution in [-0.2, 0) is 0 Å². The SMILES string of the molecule is O=[N+]([O-])c1ccc(Sc2ccc(Cl)c(I)c2)cc1. The number of hydrogen-bond acceptors (Lipinski definition) is 3. The summed E-state index contributed by atoms with van der Waals surface area (Å²) in [5, 5.41) is 11.3. The van der Waals surface area contributed by atoms with Crippen molar-refractivity contribution in [2.45, 2.75) is 9.79 Å². The Kier molecular flexibility index (Phi) is 4.47. The van der Waals surface area contributed by atoms with E-state index in [1.165, 1.54) is 12.1 Å². The van der Waals surface area contributed by atoms with Crippen LogP contribution in [0.5, 0.6) is 0 Å². The van der Waals surface area contributed by atoms with Crippen LogP contribution >= 0.6 is 46.0 Å². The summed E-state index contributed by atoms with van der Waals surface area (Å²) in [6, 6.07) is 12.2. The molecule has 0 spiro atoms. The molecule has 18 heavy (non-hydrogen) atoms. The van der Waals surface area contributed by atoms with Gasteiger partial charge in [-0.25, -0.2) is 0 Å². The van der Waals surface area contributed by atoms with Gasteiger partial charge in [-0.1, -0.05) is 23.4 Å². The largest absolute Gasteiger partial charge is 0.269 e. The Balaban J connectivity index is 2.18. The lowest BCUT2D eigenvalue weighted by Crippen LogP contribution is -1.86. The molecule has 0 aliphatic rings. The summed E-state index contributed by atoms with van der Waals surface area (Å²) in [6.07, 6.45) is 0. The van der Waals surface area contributed by atoms with Crippen molar-refractivity contribution >= 4 is 51.6 Å². The van der Waals surface area contributed by atoms with E-state index in [9.17, 15) is 10.1 Å². The van der Waals surface area contributed by atoms with Gasteiger partial charge in [0.1, 0.15) is 0 Å². The predicted octanol–water partition coefficient (Wildman–Crippen LogP) is 5.00. The average molecular weight is 392 g/mol. The fraction of sp³-hybridized carbons (Fsp3) is 0. The van der Waals surface area contributed by atoms with Crippen LogP contribution in [0.25, 0.3) is 0 Å². The lowest BCUT2D eigenvalue weighted by molar-refractivity contribution is -0.384. The van der Waals surface area contributed by atoms with Crippen molar-refractivity contribution in [2.24, 2.45) is 0 Å². The molecular formula is C12H7ClINO2S. The quantitative estimate of drug-likeness (QED) is 0.420. The zero-order valence-corrected chi connectivity index (χ0v) is 12.7. The standard InChI is InChI=1S/C12H7ClINO2S/c13-11-6-5-10(7-12(11)14)18-9-3-1-8(2-4-9)15(16)17/h1-7H. The van der Waals surface area contributed by atoms with E-state index in [4.69, 9.17) is 11.6 Å². The maximum atomic E-state index is 10.5. The van der Waals surface area contributed by atoms with E-state index in [1.54, 1.807) is 23.9 Å². The van der Waals surface area contributed by atoms with Crippen LogP contribution in [0.1, 0.15) is 0 Å². The van der Waals surface area contributed by atoms with Crippen molar-refractivity contribution in [1.82, 2.24) is 0 Å². The Morgan fingerprint density at radius 3 is 2.28 bits per heavy atom. The molecule has 0 saturated heterocycles. The molecule has 0 amide bonds. The number of benzene rings is 2. The number of halogens is 2.